The lowest BCUT2D eigenvalue weighted by atomic mass is 10.2. The standard InChI is InChI=1S/C7H6BrClO.H3N/c8-6-2-1-5(4-10)7(9)3-6;/h1-3,10H,4H2;1H3. The second kappa shape index (κ2) is 4.72. The van der Waals surface area contributed by atoms with Gasteiger partial charge in [-0.2, -0.15) is 0 Å². The molecule has 4 N–H and O–H groups in total. The van der Waals surface area contributed by atoms with Crippen molar-refractivity contribution in [1.29, 1.82) is 0 Å². The Morgan fingerprint density at radius 1 is 1.45 bits per heavy atom. The minimum atomic E-state index is -0.00782. The molecule has 0 saturated heterocycles. The van der Waals surface area contributed by atoms with Gasteiger partial charge < -0.3 is 11.3 Å². The minimum absolute atomic E-state index is 0. The molecule has 0 amide bonds. The lowest BCUT2D eigenvalue weighted by Crippen LogP contribution is -1.82. The number of hydrogen-bond donors (Lipinski definition) is 2. The van der Waals surface area contributed by atoms with Crippen molar-refractivity contribution in [3.8, 4) is 0 Å². The summed E-state index contributed by atoms with van der Waals surface area (Å²) in [4.78, 5) is 0. The average molecular weight is 239 g/mol. The first-order valence-electron chi connectivity index (χ1n) is 2.79. The van der Waals surface area contributed by atoms with Gasteiger partial charge in [0.25, 0.3) is 0 Å². The van der Waals surface area contributed by atoms with Crippen LogP contribution in [0.25, 0.3) is 0 Å². The van der Waals surface area contributed by atoms with E-state index in [1.807, 2.05) is 6.07 Å². The third kappa shape index (κ3) is 2.79. The van der Waals surface area contributed by atoms with Crippen molar-refractivity contribution in [1.82, 2.24) is 6.15 Å². The topological polar surface area (TPSA) is 55.2 Å². The Hall–Kier alpha value is -0.0900. The molecule has 0 heterocycles. The SMILES string of the molecule is N.OCc1ccc(Br)cc1Cl. The summed E-state index contributed by atoms with van der Waals surface area (Å²) in [7, 11) is 0. The van der Waals surface area contributed by atoms with Gasteiger partial charge >= 0.3 is 0 Å². The highest BCUT2D eigenvalue weighted by Gasteiger charge is 1.97. The van der Waals surface area contributed by atoms with Crippen molar-refractivity contribution in [2.45, 2.75) is 6.61 Å². The van der Waals surface area contributed by atoms with Gasteiger partial charge in [-0.3, -0.25) is 0 Å². The zero-order chi connectivity index (χ0) is 7.56. The second-order valence-corrected chi connectivity index (χ2v) is 3.22. The minimum Gasteiger partial charge on any atom is -0.392 e. The fourth-order valence-corrected chi connectivity index (χ4v) is 1.38. The first kappa shape index (κ1) is 10.9. The molecule has 11 heavy (non-hydrogen) atoms. The van der Waals surface area contributed by atoms with Crippen LogP contribution < -0.4 is 6.15 Å². The molecule has 0 atom stereocenters. The van der Waals surface area contributed by atoms with Crippen molar-refractivity contribution >= 4 is 27.5 Å². The van der Waals surface area contributed by atoms with Crippen molar-refractivity contribution < 1.29 is 5.11 Å². The quantitative estimate of drug-likeness (QED) is 0.790. The number of hydrogen-bond acceptors (Lipinski definition) is 2. The second-order valence-electron chi connectivity index (χ2n) is 1.89. The molecule has 0 spiro atoms. The van der Waals surface area contributed by atoms with E-state index in [0.717, 1.165) is 10.0 Å². The fourth-order valence-electron chi connectivity index (χ4n) is 0.650. The number of aliphatic hydroxyl groups is 1. The molecule has 0 aliphatic carbocycles. The molecule has 2 nitrogen and oxygen atoms in total. The molecule has 62 valence electrons. The molecule has 1 rings (SSSR count). The van der Waals surface area contributed by atoms with Gasteiger partial charge in [0, 0.05) is 9.50 Å². The molecule has 1 aromatic carbocycles. The van der Waals surface area contributed by atoms with Crippen LogP contribution in [-0.4, -0.2) is 5.11 Å². The Balaban J connectivity index is 0.000001000. The zero-order valence-corrected chi connectivity index (χ0v) is 8.19. The van der Waals surface area contributed by atoms with Crippen LogP contribution in [0, 0.1) is 0 Å². The molecule has 0 bridgehead atoms. The van der Waals surface area contributed by atoms with Gasteiger partial charge in [-0.15, -0.1) is 0 Å². The molecule has 0 saturated carbocycles. The van der Waals surface area contributed by atoms with E-state index in [1.54, 1.807) is 12.1 Å². The van der Waals surface area contributed by atoms with E-state index in [9.17, 15) is 0 Å². The summed E-state index contributed by atoms with van der Waals surface area (Å²) < 4.78 is 0.926. The Kier molecular flexibility index (Phi) is 4.68. The Labute approximate surface area is 78.9 Å². The first-order valence-corrected chi connectivity index (χ1v) is 3.96. The van der Waals surface area contributed by atoms with Gasteiger partial charge in [-0.05, 0) is 17.7 Å². The van der Waals surface area contributed by atoms with Gasteiger partial charge in [0.1, 0.15) is 0 Å². The highest BCUT2D eigenvalue weighted by molar-refractivity contribution is 9.10. The third-order valence-electron chi connectivity index (χ3n) is 1.19. The van der Waals surface area contributed by atoms with E-state index in [4.69, 9.17) is 16.7 Å². The molecule has 0 radical (unpaired) electrons. The van der Waals surface area contributed by atoms with Crippen molar-refractivity contribution in [2.24, 2.45) is 0 Å². The molecular formula is C7H9BrClNO. The molecule has 0 unspecified atom stereocenters. The van der Waals surface area contributed by atoms with E-state index in [-0.39, 0.29) is 12.8 Å². The largest absolute Gasteiger partial charge is 0.392 e. The smallest absolute Gasteiger partial charge is 0.0696 e. The van der Waals surface area contributed by atoms with E-state index in [2.05, 4.69) is 15.9 Å². The summed E-state index contributed by atoms with van der Waals surface area (Å²) in [5, 5.41) is 9.30. The monoisotopic (exact) mass is 237 g/mol. The summed E-state index contributed by atoms with van der Waals surface area (Å²) in [5.41, 5.74) is 0.755. The number of benzene rings is 1. The van der Waals surface area contributed by atoms with E-state index in [0.29, 0.717) is 5.02 Å². The maximum absolute atomic E-state index is 8.71. The van der Waals surface area contributed by atoms with E-state index < -0.39 is 0 Å². The third-order valence-corrected chi connectivity index (χ3v) is 2.03. The molecule has 1 aromatic rings. The lowest BCUT2D eigenvalue weighted by Gasteiger charge is -1.98. The van der Waals surface area contributed by atoms with Crippen LogP contribution in [0.15, 0.2) is 22.7 Å². The highest BCUT2D eigenvalue weighted by atomic mass is 79.9. The Morgan fingerprint density at radius 2 is 2.09 bits per heavy atom. The van der Waals surface area contributed by atoms with Crippen LogP contribution >= 0.6 is 27.5 Å². The van der Waals surface area contributed by atoms with Crippen LogP contribution in [0.2, 0.25) is 5.02 Å². The molecule has 0 fully saturated rings. The van der Waals surface area contributed by atoms with Crippen molar-refractivity contribution in [3.05, 3.63) is 33.3 Å². The van der Waals surface area contributed by atoms with Gasteiger partial charge in [0.15, 0.2) is 0 Å². The normalized spacial score (nSPS) is 9.00. The number of halogens is 2. The van der Waals surface area contributed by atoms with Crippen LogP contribution in [0.4, 0.5) is 0 Å². The predicted molar refractivity (Wildman–Crippen MR) is 50.1 cm³/mol. The Morgan fingerprint density at radius 3 is 2.55 bits per heavy atom. The fraction of sp³-hybridized carbons (Fsp3) is 0.143. The molecular weight excluding hydrogens is 229 g/mol. The summed E-state index contributed by atoms with van der Waals surface area (Å²) in [6.07, 6.45) is 0. The summed E-state index contributed by atoms with van der Waals surface area (Å²) >= 11 is 9.00. The van der Waals surface area contributed by atoms with E-state index >= 15 is 0 Å². The zero-order valence-electron chi connectivity index (χ0n) is 5.85. The predicted octanol–water partition coefficient (Wildman–Crippen LogP) is 2.76. The Bertz CT molecular complexity index is 242. The van der Waals surface area contributed by atoms with Crippen LogP contribution in [0.3, 0.4) is 0 Å². The van der Waals surface area contributed by atoms with Crippen LogP contribution in [0.5, 0.6) is 0 Å². The van der Waals surface area contributed by atoms with Gasteiger partial charge in [-0.1, -0.05) is 33.6 Å². The molecule has 4 heteroatoms. The highest BCUT2D eigenvalue weighted by Crippen LogP contribution is 2.20. The number of aliphatic hydroxyl groups excluding tert-OH is 1. The maximum Gasteiger partial charge on any atom is 0.0696 e. The summed E-state index contributed by atoms with van der Waals surface area (Å²) in [6, 6.07) is 5.39. The lowest BCUT2D eigenvalue weighted by molar-refractivity contribution is 0.282. The maximum atomic E-state index is 8.71. The van der Waals surface area contributed by atoms with Gasteiger partial charge in [0.05, 0.1) is 6.61 Å². The van der Waals surface area contributed by atoms with E-state index in [1.165, 1.54) is 0 Å². The number of rotatable bonds is 1. The average Bonchev–Trinajstić information content (AvgIpc) is 1.88. The van der Waals surface area contributed by atoms with Crippen LogP contribution in [0.1, 0.15) is 5.56 Å². The summed E-state index contributed by atoms with van der Waals surface area (Å²) in [5.74, 6) is 0. The van der Waals surface area contributed by atoms with Gasteiger partial charge in [-0.25, -0.2) is 0 Å². The molecule has 0 aromatic heterocycles. The molecule has 0 aliphatic heterocycles. The summed E-state index contributed by atoms with van der Waals surface area (Å²) in [6.45, 7) is -0.00782. The molecule has 0 aliphatic rings. The van der Waals surface area contributed by atoms with Crippen molar-refractivity contribution in [3.63, 3.8) is 0 Å². The van der Waals surface area contributed by atoms with Gasteiger partial charge in [0.2, 0.25) is 0 Å². The van der Waals surface area contributed by atoms with Crippen LogP contribution in [-0.2, 0) is 6.61 Å². The van der Waals surface area contributed by atoms with Crippen molar-refractivity contribution in [2.75, 3.05) is 0 Å². The first-order chi connectivity index (χ1) is 4.74.